The van der Waals surface area contributed by atoms with Gasteiger partial charge in [0.1, 0.15) is 4.90 Å². The highest BCUT2D eigenvalue weighted by Gasteiger charge is 2.36. The van der Waals surface area contributed by atoms with E-state index in [4.69, 9.17) is 11.6 Å². The van der Waals surface area contributed by atoms with Crippen molar-refractivity contribution in [2.75, 3.05) is 19.6 Å². The Balaban J connectivity index is 0.00000208. The van der Waals surface area contributed by atoms with Gasteiger partial charge in [0.2, 0.25) is 10.0 Å². The molecule has 1 aliphatic rings. The zero-order chi connectivity index (χ0) is 16.4. The number of halogens is 3. The van der Waals surface area contributed by atoms with E-state index in [2.05, 4.69) is 10.3 Å². The average Bonchev–Trinajstić information content (AvgIpc) is 2.58. The van der Waals surface area contributed by atoms with Gasteiger partial charge in [0.05, 0.1) is 11.1 Å². The normalized spacial score (nSPS) is 18.8. The van der Waals surface area contributed by atoms with Crippen molar-refractivity contribution in [3.63, 3.8) is 0 Å². The molecule has 5 nitrogen and oxygen atoms in total. The highest BCUT2D eigenvalue weighted by molar-refractivity contribution is 7.89. The summed E-state index contributed by atoms with van der Waals surface area (Å²) in [5.41, 5.74) is 0.755. The van der Waals surface area contributed by atoms with E-state index in [9.17, 15) is 12.8 Å². The molecule has 0 radical (unpaired) electrons. The third kappa shape index (κ3) is 3.55. The van der Waals surface area contributed by atoms with Crippen LogP contribution < -0.4 is 5.32 Å². The lowest BCUT2D eigenvalue weighted by molar-refractivity contribution is 0.270. The van der Waals surface area contributed by atoms with E-state index in [1.54, 1.807) is 18.5 Å². The van der Waals surface area contributed by atoms with Crippen LogP contribution >= 0.6 is 24.0 Å². The fourth-order valence-electron chi connectivity index (χ4n) is 2.64. The summed E-state index contributed by atoms with van der Waals surface area (Å²) >= 11 is 5.73. The van der Waals surface area contributed by atoms with Gasteiger partial charge in [-0.2, -0.15) is 4.31 Å². The lowest BCUT2D eigenvalue weighted by atomic mass is 10.1. The third-order valence-electron chi connectivity index (χ3n) is 3.77. The van der Waals surface area contributed by atoms with E-state index < -0.39 is 26.8 Å². The standard InChI is InChI=1S/C15H15ClFN3O2S.ClH/c16-12-4-1-5-14(15(12)17)23(21,22)20-8-7-19-10-13(20)11-3-2-6-18-9-11;/h1-6,9,13,19H,7-8,10H2;1H. The molecule has 3 rings (SSSR count). The summed E-state index contributed by atoms with van der Waals surface area (Å²) in [6, 6.07) is 7.10. The lowest BCUT2D eigenvalue weighted by Gasteiger charge is -2.35. The number of piperazine rings is 1. The molecular formula is C15H16Cl2FN3O2S. The van der Waals surface area contributed by atoms with E-state index in [-0.39, 0.29) is 24.0 Å². The van der Waals surface area contributed by atoms with Crippen molar-refractivity contribution in [2.45, 2.75) is 10.9 Å². The molecule has 0 amide bonds. The molecule has 0 saturated carbocycles. The van der Waals surface area contributed by atoms with Gasteiger partial charge in [-0.3, -0.25) is 4.98 Å². The van der Waals surface area contributed by atoms with Crippen LogP contribution in [0.15, 0.2) is 47.6 Å². The van der Waals surface area contributed by atoms with Crippen molar-refractivity contribution >= 4 is 34.0 Å². The number of rotatable bonds is 3. The average molecular weight is 392 g/mol. The van der Waals surface area contributed by atoms with Gasteiger partial charge < -0.3 is 5.32 Å². The monoisotopic (exact) mass is 391 g/mol. The molecule has 1 N–H and O–H groups in total. The predicted octanol–water partition coefficient (Wildman–Crippen LogP) is 2.63. The topological polar surface area (TPSA) is 62.3 Å². The molecule has 1 unspecified atom stereocenters. The van der Waals surface area contributed by atoms with Crippen molar-refractivity contribution < 1.29 is 12.8 Å². The SMILES string of the molecule is Cl.O=S(=O)(c1cccc(Cl)c1F)N1CCNCC1c1cccnc1. The maximum atomic E-state index is 14.2. The lowest BCUT2D eigenvalue weighted by Crippen LogP contribution is -2.48. The van der Waals surface area contributed by atoms with Gasteiger partial charge in [-0.05, 0) is 23.8 Å². The molecule has 0 aliphatic carbocycles. The van der Waals surface area contributed by atoms with Crippen LogP contribution in [0.2, 0.25) is 5.02 Å². The summed E-state index contributed by atoms with van der Waals surface area (Å²) in [6.45, 7) is 1.18. The van der Waals surface area contributed by atoms with Crippen molar-refractivity contribution in [3.05, 3.63) is 59.1 Å². The molecule has 1 aliphatic heterocycles. The Morgan fingerprint density at radius 2 is 2.08 bits per heavy atom. The van der Waals surface area contributed by atoms with Gasteiger partial charge in [-0.25, -0.2) is 12.8 Å². The molecule has 9 heteroatoms. The molecule has 0 bridgehead atoms. The predicted molar refractivity (Wildman–Crippen MR) is 92.4 cm³/mol. The summed E-state index contributed by atoms with van der Waals surface area (Å²) < 4.78 is 41.4. The number of aromatic nitrogens is 1. The first-order valence-electron chi connectivity index (χ1n) is 7.08. The number of sulfonamides is 1. The second-order valence-corrected chi connectivity index (χ2v) is 7.44. The fourth-order valence-corrected chi connectivity index (χ4v) is 4.57. The smallest absolute Gasteiger partial charge is 0.246 e. The number of nitrogens with one attached hydrogen (secondary N) is 1. The van der Waals surface area contributed by atoms with Crippen molar-refractivity contribution in [1.82, 2.24) is 14.6 Å². The van der Waals surface area contributed by atoms with Gasteiger partial charge in [0.25, 0.3) is 0 Å². The molecule has 1 aromatic carbocycles. The Kier molecular flexibility index (Phi) is 6.17. The van der Waals surface area contributed by atoms with Crippen molar-refractivity contribution in [2.24, 2.45) is 0 Å². The molecule has 2 heterocycles. The van der Waals surface area contributed by atoms with Crippen LogP contribution in [0, 0.1) is 5.82 Å². The third-order valence-corrected chi connectivity index (χ3v) is 5.98. The summed E-state index contributed by atoms with van der Waals surface area (Å²) in [5.74, 6) is -0.919. The Labute approximate surface area is 151 Å². The zero-order valence-electron chi connectivity index (χ0n) is 12.5. The number of hydrogen-bond acceptors (Lipinski definition) is 4. The van der Waals surface area contributed by atoms with Gasteiger partial charge in [0.15, 0.2) is 5.82 Å². The molecule has 1 fully saturated rings. The second kappa shape index (κ2) is 7.76. The molecule has 1 atom stereocenters. The van der Waals surface area contributed by atoms with Crippen LogP contribution in [-0.4, -0.2) is 37.3 Å². The van der Waals surface area contributed by atoms with Crippen molar-refractivity contribution in [1.29, 1.82) is 0 Å². The van der Waals surface area contributed by atoms with Gasteiger partial charge in [-0.1, -0.05) is 23.7 Å². The summed E-state index contributed by atoms with van der Waals surface area (Å²) in [4.78, 5) is 3.63. The quantitative estimate of drug-likeness (QED) is 0.873. The van der Waals surface area contributed by atoms with E-state index in [1.807, 2.05) is 6.07 Å². The summed E-state index contributed by atoms with van der Waals surface area (Å²) in [7, 11) is -4.01. The fraction of sp³-hybridized carbons (Fsp3) is 0.267. The minimum absolute atomic E-state index is 0. The summed E-state index contributed by atoms with van der Waals surface area (Å²) in [5, 5.41) is 2.95. The Morgan fingerprint density at radius 1 is 1.29 bits per heavy atom. The van der Waals surface area contributed by atoms with Crippen LogP contribution in [0.25, 0.3) is 0 Å². The van der Waals surface area contributed by atoms with Gasteiger partial charge in [0, 0.05) is 32.0 Å². The van der Waals surface area contributed by atoms with Gasteiger partial charge in [-0.15, -0.1) is 12.4 Å². The van der Waals surface area contributed by atoms with Crippen LogP contribution in [0.5, 0.6) is 0 Å². The molecule has 2 aromatic rings. The van der Waals surface area contributed by atoms with E-state index >= 15 is 0 Å². The second-order valence-electron chi connectivity index (χ2n) is 5.17. The highest BCUT2D eigenvalue weighted by Crippen LogP contribution is 2.31. The molecule has 0 spiro atoms. The Bertz CT molecular complexity index is 806. The number of nitrogens with zero attached hydrogens (tertiary/aromatic N) is 2. The summed E-state index contributed by atoms with van der Waals surface area (Å²) in [6.07, 6.45) is 3.24. The zero-order valence-corrected chi connectivity index (χ0v) is 14.9. The number of hydrogen-bond donors (Lipinski definition) is 1. The maximum Gasteiger partial charge on any atom is 0.246 e. The first-order chi connectivity index (χ1) is 11.0. The highest BCUT2D eigenvalue weighted by atomic mass is 35.5. The Morgan fingerprint density at radius 3 is 2.79 bits per heavy atom. The molecule has 130 valence electrons. The van der Waals surface area contributed by atoms with Crippen LogP contribution in [0.1, 0.15) is 11.6 Å². The minimum atomic E-state index is -4.01. The van der Waals surface area contributed by atoms with Crippen LogP contribution in [-0.2, 0) is 10.0 Å². The Hall–Kier alpha value is -1.25. The van der Waals surface area contributed by atoms with E-state index in [0.29, 0.717) is 13.1 Å². The number of pyridine rings is 1. The van der Waals surface area contributed by atoms with Crippen molar-refractivity contribution in [3.8, 4) is 0 Å². The van der Waals surface area contributed by atoms with E-state index in [1.165, 1.54) is 22.5 Å². The largest absolute Gasteiger partial charge is 0.313 e. The first kappa shape index (κ1) is 19.1. The maximum absolute atomic E-state index is 14.2. The minimum Gasteiger partial charge on any atom is -0.313 e. The number of benzene rings is 1. The first-order valence-corrected chi connectivity index (χ1v) is 8.90. The van der Waals surface area contributed by atoms with Gasteiger partial charge >= 0.3 is 0 Å². The molecule has 24 heavy (non-hydrogen) atoms. The van der Waals surface area contributed by atoms with E-state index in [0.717, 1.165) is 5.56 Å². The molecular weight excluding hydrogens is 376 g/mol. The van der Waals surface area contributed by atoms with Crippen LogP contribution in [0.3, 0.4) is 0 Å². The molecule has 1 aromatic heterocycles. The van der Waals surface area contributed by atoms with Crippen LogP contribution in [0.4, 0.5) is 4.39 Å². The molecule has 1 saturated heterocycles.